The fourth-order valence-corrected chi connectivity index (χ4v) is 2.68. The lowest BCUT2D eigenvalue weighted by atomic mass is 10.3. The topological polar surface area (TPSA) is 37.4 Å². The van der Waals surface area contributed by atoms with E-state index in [4.69, 9.17) is 23.2 Å². The highest BCUT2D eigenvalue weighted by Crippen LogP contribution is 2.18. The van der Waals surface area contributed by atoms with Crippen LogP contribution in [0.3, 0.4) is 0 Å². The van der Waals surface area contributed by atoms with E-state index in [1.807, 2.05) is 6.92 Å². The molecule has 96 valence electrons. The summed E-state index contributed by atoms with van der Waals surface area (Å²) >= 11 is 11.5. The molecule has 1 aromatic carbocycles. The molecule has 0 saturated carbocycles. The summed E-state index contributed by atoms with van der Waals surface area (Å²) in [7, 11) is -1.89. The number of halogens is 2. The number of nitrogens with zero attached hydrogens (tertiary/aromatic N) is 1. The summed E-state index contributed by atoms with van der Waals surface area (Å²) < 4.78 is 25.5. The highest BCUT2D eigenvalue weighted by molar-refractivity contribution is 7.89. The molecule has 0 aromatic heterocycles. The van der Waals surface area contributed by atoms with Crippen molar-refractivity contribution < 1.29 is 8.42 Å². The monoisotopic (exact) mass is 295 g/mol. The van der Waals surface area contributed by atoms with Gasteiger partial charge in [0.2, 0.25) is 10.0 Å². The van der Waals surface area contributed by atoms with Crippen molar-refractivity contribution in [3.05, 3.63) is 29.3 Å². The Hall–Kier alpha value is -0.290. The Labute approximate surface area is 112 Å². The summed E-state index contributed by atoms with van der Waals surface area (Å²) in [4.78, 5) is 0.242. The Morgan fingerprint density at radius 3 is 2.29 bits per heavy atom. The van der Waals surface area contributed by atoms with Crippen molar-refractivity contribution in [3.63, 3.8) is 0 Å². The van der Waals surface area contributed by atoms with E-state index in [2.05, 4.69) is 0 Å². The van der Waals surface area contributed by atoms with Crippen LogP contribution in [0, 0.1) is 0 Å². The summed E-state index contributed by atoms with van der Waals surface area (Å²) in [5, 5.41) is 0.471. The summed E-state index contributed by atoms with van der Waals surface area (Å²) in [6, 6.07) is 6.12. The third-order valence-corrected chi connectivity index (χ3v) is 4.70. The average molecular weight is 296 g/mol. The van der Waals surface area contributed by atoms with Crippen LogP contribution in [-0.4, -0.2) is 31.7 Å². The van der Waals surface area contributed by atoms with Crippen molar-refractivity contribution in [2.45, 2.75) is 23.6 Å². The highest BCUT2D eigenvalue weighted by atomic mass is 35.5. The summed E-state index contributed by atoms with van der Waals surface area (Å²) in [6.45, 7) is 2.24. The normalized spacial score (nSPS) is 13.9. The largest absolute Gasteiger partial charge is 0.242 e. The quantitative estimate of drug-likeness (QED) is 0.783. The second-order valence-corrected chi connectivity index (χ2v) is 7.08. The third-order valence-electron chi connectivity index (χ3n) is 2.36. The fourth-order valence-electron chi connectivity index (χ4n) is 1.27. The minimum atomic E-state index is -3.44. The first-order valence-corrected chi connectivity index (χ1v) is 7.45. The smallest absolute Gasteiger partial charge is 0.207 e. The lowest BCUT2D eigenvalue weighted by molar-refractivity contribution is 0.460. The molecule has 0 aliphatic heterocycles. The Morgan fingerprint density at radius 1 is 1.29 bits per heavy atom. The second kappa shape index (κ2) is 6.05. The molecule has 0 saturated heterocycles. The van der Waals surface area contributed by atoms with Crippen molar-refractivity contribution >= 4 is 33.2 Å². The van der Waals surface area contributed by atoms with Crippen molar-refractivity contribution in [3.8, 4) is 0 Å². The standard InChI is InChI=1S/C11H15Cl2NO2S/c1-9(12)7-8-14(2)17(15,16)11-5-3-10(13)4-6-11/h3-6,9H,7-8H2,1-2H3. The first-order valence-electron chi connectivity index (χ1n) is 5.20. The molecule has 0 aliphatic rings. The molecular weight excluding hydrogens is 281 g/mol. The Morgan fingerprint density at radius 2 is 1.82 bits per heavy atom. The lowest BCUT2D eigenvalue weighted by Crippen LogP contribution is -2.28. The van der Waals surface area contributed by atoms with E-state index in [-0.39, 0.29) is 10.3 Å². The minimum absolute atomic E-state index is 0.0436. The van der Waals surface area contributed by atoms with Gasteiger partial charge in [-0.25, -0.2) is 12.7 Å². The van der Waals surface area contributed by atoms with Crippen LogP contribution in [0.25, 0.3) is 0 Å². The highest BCUT2D eigenvalue weighted by Gasteiger charge is 2.20. The molecule has 3 nitrogen and oxygen atoms in total. The van der Waals surface area contributed by atoms with Gasteiger partial charge in [-0.1, -0.05) is 11.6 Å². The van der Waals surface area contributed by atoms with Gasteiger partial charge < -0.3 is 0 Å². The first kappa shape index (κ1) is 14.8. The van der Waals surface area contributed by atoms with Crippen LogP contribution < -0.4 is 0 Å². The van der Waals surface area contributed by atoms with Gasteiger partial charge in [-0.05, 0) is 37.6 Å². The van der Waals surface area contributed by atoms with Gasteiger partial charge in [-0.2, -0.15) is 0 Å². The SMILES string of the molecule is CC(Cl)CCN(C)S(=O)(=O)c1ccc(Cl)cc1. The van der Waals surface area contributed by atoms with Gasteiger partial charge in [-0.3, -0.25) is 0 Å². The predicted molar refractivity (Wildman–Crippen MR) is 71.2 cm³/mol. The average Bonchev–Trinajstić information content (AvgIpc) is 2.26. The molecule has 1 atom stereocenters. The summed E-state index contributed by atoms with van der Waals surface area (Å²) in [5.41, 5.74) is 0. The molecule has 0 heterocycles. The zero-order valence-corrected chi connectivity index (χ0v) is 12.1. The number of hydrogen-bond donors (Lipinski definition) is 0. The first-order chi connectivity index (χ1) is 7.84. The van der Waals surface area contributed by atoms with Crippen LogP contribution in [-0.2, 0) is 10.0 Å². The van der Waals surface area contributed by atoms with Crippen LogP contribution in [0.15, 0.2) is 29.2 Å². The van der Waals surface area contributed by atoms with Crippen LogP contribution in [0.5, 0.6) is 0 Å². The van der Waals surface area contributed by atoms with Gasteiger partial charge >= 0.3 is 0 Å². The molecule has 0 amide bonds. The van der Waals surface area contributed by atoms with Crippen molar-refractivity contribution in [2.75, 3.05) is 13.6 Å². The minimum Gasteiger partial charge on any atom is -0.207 e. The summed E-state index contributed by atoms with van der Waals surface area (Å²) in [5.74, 6) is 0. The predicted octanol–water partition coefficient (Wildman–Crippen LogP) is 2.98. The number of rotatable bonds is 5. The van der Waals surface area contributed by atoms with E-state index >= 15 is 0 Å². The Balaban J connectivity index is 2.84. The van der Waals surface area contributed by atoms with Crippen LogP contribution >= 0.6 is 23.2 Å². The van der Waals surface area contributed by atoms with Crippen molar-refractivity contribution in [1.29, 1.82) is 0 Å². The zero-order chi connectivity index (χ0) is 13.1. The molecule has 1 rings (SSSR count). The maximum Gasteiger partial charge on any atom is 0.242 e. The molecule has 0 aliphatic carbocycles. The molecule has 0 bridgehead atoms. The van der Waals surface area contributed by atoms with Crippen LogP contribution in [0.1, 0.15) is 13.3 Å². The van der Waals surface area contributed by atoms with E-state index in [1.54, 1.807) is 19.2 Å². The Bertz CT molecular complexity index is 457. The molecular formula is C11H15Cl2NO2S. The van der Waals surface area contributed by atoms with Crippen molar-refractivity contribution in [1.82, 2.24) is 4.31 Å². The Kier molecular flexibility index (Phi) is 5.25. The molecule has 17 heavy (non-hydrogen) atoms. The van der Waals surface area contributed by atoms with E-state index in [9.17, 15) is 8.42 Å². The van der Waals surface area contributed by atoms with Gasteiger partial charge in [0.25, 0.3) is 0 Å². The van der Waals surface area contributed by atoms with Gasteiger partial charge in [0.15, 0.2) is 0 Å². The second-order valence-electron chi connectivity index (χ2n) is 3.85. The van der Waals surface area contributed by atoms with Gasteiger partial charge in [0.05, 0.1) is 4.90 Å². The van der Waals surface area contributed by atoms with E-state index in [1.165, 1.54) is 16.4 Å². The van der Waals surface area contributed by atoms with E-state index in [0.29, 0.717) is 18.0 Å². The number of alkyl halides is 1. The number of sulfonamides is 1. The maximum absolute atomic E-state index is 12.1. The molecule has 0 N–H and O–H groups in total. The maximum atomic E-state index is 12.1. The van der Waals surface area contributed by atoms with Gasteiger partial charge in [0.1, 0.15) is 0 Å². The van der Waals surface area contributed by atoms with Gasteiger partial charge in [0, 0.05) is 24.0 Å². The fraction of sp³-hybridized carbons (Fsp3) is 0.455. The lowest BCUT2D eigenvalue weighted by Gasteiger charge is -2.17. The molecule has 0 spiro atoms. The van der Waals surface area contributed by atoms with Gasteiger partial charge in [-0.15, -0.1) is 11.6 Å². The molecule has 0 fully saturated rings. The number of hydrogen-bond acceptors (Lipinski definition) is 2. The van der Waals surface area contributed by atoms with E-state index in [0.717, 1.165) is 0 Å². The van der Waals surface area contributed by atoms with E-state index < -0.39 is 10.0 Å². The third kappa shape index (κ3) is 4.14. The zero-order valence-electron chi connectivity index (χ0n) is 9.73. The van der Waals surface area contributed by atoms with Crippen LogP contribution in [0.4, 0.5) is 0 Å². The molecule has 0 radical (unpaired) electrons. The molecule has 1 aromatic rings. The summed E-state index contributed by atoms with van der Waals surface area (Å²) in [6.07, 6.45) is 0.616. The van der Waals surface area contributed by atoms with Crippen molar-refractivity contribution in [2.24, 2.45) is 0 Å². The number of benzene rings is 1. The molecule has 1 unspecified atom stereocenters. The van der Waals surface area contributed by atoms with Crippen LogP contribution in [0.2, 0.25) is 5.02 Å². The molecule has 6 heteroatoms.